The normalized spacial score (nSPS) is 10.0. The fraction of sp³-hybridized carbons (Fsp3) is 0.263. The molecule has 0 aromatic heterocycles. The van der Waals surface area contributed by atoms with Crippen molar-refractivity contribution in [1.82, 2.24) is 4.90 Å². The molecule has 124 valence electrons. The van der Waals surface area contributed by atoms with Gasteiger partial charge < -0.3 is 9.64 Å². The minimum absolute atomic E-state index is 0.0630. The van der Waals surface area contributed by atoms with E-state index in [0.29, 0.717) is 31.6 Å². The predicted molar refractivity (Wildman–Crippen MR) is 96.5 cm³/mol. The molecule has 0 saturated carbocycles. The summed E-state index contributed by atoms with van der Waals surface area (Å²) in [7, 11) is 1.77. The Kier molecular flexibility index (Phi) is 6.83. The van der Waals surface area contributed by atoms with Crippen LogP contribution in [0.2, 0.25) is 0 Å². The lowest BCUT2D eigenvalue weighted by atomic mass is 10.1. The Morgan fingerprint density at radius 1 is 1.25 bits per heavy atom. The lowest BCUT2D eigenvalue weighted by Gasteiger charge is -2.17. The summed E-state index contributed by atoms with van der Waals surface area (Å²) in [6.45, 7) is 0.992. The molecule has 0 aliphatic rings. The van der Waals surface area contributed by atoms with Gasteiger partial charge in [-0.1, -0.05) is 24.3 Å². The molecule has 2 rings (SSSR count). The number of ether oxygens (including phenoxy) is 1. The maximum absolute atomic E-state index is 12.2. The molecule has 0 unspecified atom stereocenters. The summed E-state index contributed by atoms with van der Waals surface area (Å²) in [5.41, 5.74) is 1.56. The van der Waals surface area contributed by atoms with Crippen LogP contribution in [0.1, 0.15) is 24.0 Å². The zero-order valence-electron chi connectivity index (χ0n) is 13.5. The van der Waals surface area contributed by atoms with Gasteiger partial charge in [0.15, 0.2) is 0 Å². The molecule has 2 aromatic rings. The maximum atomic E-state index is 12.2. The molecule has 24 heavy (non-hydrogen) atoms. The molecule has 1 amide bonds. The van der Waals surface area contributed by atoms with Crippen molar-refractivity contribution in [2.24, 2.45) is 0 Å². The first-order valence-corrected chi connectivity index (χ1v) is 8.50. The van der Waals surface area contributed by atoms with E-state index in [-0.39, 0.29) is 5.91 Å². The van der Waals surface area contributed by atoms with Crippen molar-refractivity contribution in [3.63, 3.8) is 0 Å². The Labute approximate surface area is 150 Å². The largest absolute Gasteiger partial charge is 0.492 e. The van der Waals surface area contributed by atoms with Crippen LogP contribution < -0.4 is 4.74 Å². The molecular weight excluding hydrogens is 368 g/mol. The van der Waals surface area contributed by atoms with Crippen LogP contribution in [0.3, 0.4) is 0 Å². The minimum Gasteiger partial charge on any atom is -0.492 e. The van der Waals surface area contributed by atoms with E-state index in [1.54, 1.807) is 24.1 Å². The standard InChI is InChI=1S/C19H19BrN2O2/c1-22(14-16-7-4-6-15(12-16)13-21)19(23)10-5-11-24-18-9-3-2-8-17(18)20/h2-4,6-9,12H,5,10-11,14H2,1H3. The van der Waals surface area contributed by atoms with Gasteiger partial charge in [0.1, 0.15) is 5.75 Å². The first-order valence-electron chi connectivity index (χ1n) is 7.70. The summed E-state index contributed by atoms with van der Waals surface area (Å²) >= 11 is 3.43. The average Bonchev–Trinajstić information content (AvgIpc) is 2.60. The Morgan fingerprint density at radius 3 is 2.79 bits per heavy atom. The molecule has 0 N–H and O–H groups in total. The van der Waals surface area contributed by atoms with Crippen molar-refractivity contribution in [1.29, 1.82) is 5.26 Å². The Bertz CT molecular complexity index is 740. The van der Waals surface area contributed by atoms with Gasteiger partial charge in [-0.05, 0) is 52.2 Å². The lowest BCUT2D eigenvalue weighted by Crippen LogP contribution is -2.26. The van der Waals surface area contributed by atoms with Gasteiger partial charge in [-0.25, -0.2) is 0 Å². The number of rotatable bonds is 7. The molecule has 0 aliphatic carbocycles. The van der Waals surface area contributed by atoms with Gasteiger partial charge >= 0.3 is 0 Å². The van der Waals surface area contributed by atoms with Crippen LogP contribution in [0.25, 0.3) is 0 Å². The minimum atomic E-state index is 0.0630. The van der Waals surface area contributed by atoms with E-state index in [9.17, 15) is 4.79 Å². The van der Waals surface area contributed by atoms with Gasteiger partial charge in [0.2, 0.25) is 5.91 Å². The van der Waals surface area contributed by atoms with Gasteiger partial charge in [0.25, 0.3) is 0 Å². The summed E-state index contributed by atoms with van der Waals surface area (Å²) in [4.78, 5) is 13.9. The van der Waals surface area contributed by atoms with E-state index in [1.165, 1.54) is 0 Å². The summed E-state index contributed by atoms with van der Waals surface area (Å²) in [6, 6.07) is 17.1. The van der Waals surface area contributed by atoms with E-state index in [0.717, 1.165) is 15.8 Å². The fourth-order valence-electron chi connectivity index (χ4n) is 2.26. The summed E-state index contributed by atoms with van der Waals surface area (Å²) in [5.74, 6) is 0.847. The third-order valence-corrected chi connectivity index (χ3v) is 4.19. The zero-order valence-corrected chi connectivity index (χ0v) is 15.1. The monoisotopic (exact) mass is 386 g/mol. The van der Waals surface area contributed by atoms with Crippen molar-refractivity contribution in [2.75, 3.05) is 13.7 Å². The molecular formula is C19H19BrN2O2. The van der Waals surface area contributed by atoms with Gasteiger partial charge in [0.05, 0.1) is 22.7 Å². The van der Waals surface area contributed by atoms with Crippen LogP contribution in [-0.4, -0.2) is 24.5 Å². The zero-order chi connectivity index (χ0) is 17.4. The van der Waals surface area contributed by atoms with Crippen molar-refractivity contribution >= 4 is 21.8 Å². The first kappa shape index (κ1) is 18.0. The first-order chi connectivity index (χ1) is 11.6. The van der Waals surface area contributed by atoms with Crippen LogP contribution in [0, 0.1) is 11.3 Å². The van der Waals surface area contributed by atoms with Crippen molar-refractivity contribution in [2.45, 2.75) is 19.4 Å². The quantitative estimate of drug-likeness (QED) is 0.671. The second-order valence-electron chi connectivity index (χ2n) is 5.44. The number of halogens is 1. The van der Waals surface area contributed by atoms with Gasteiger partial charge in [-0.3, -0.25) is 4.79 Å². The van der Waals surface area contributed by atoms with Crippen LogP contribution >= 0.6 is 15.9 Å². The van der Waals surface area contributed by atoms with Crippen LogP contribution in [0.15, 0.2) is 53.0 Å². The number of amides is 1. The number of nitriles is 1. The SMILES string of the molecule is CN(Cc1cccc(C#N)c1)C(=O)CCCOc1ccccc1Br. The number of hydrogen-bond acceptors (Lipinski definition) is 3. The van der Waals surface area contributed by atoms with Gasteiger partial charge in [-0.2, -0.15) is 5.26 Å². The highest BCUT2D eigenvalue weighted by Crippen LogP contribution is 2.23. The summed E-state index contributed by atoms with van der Waals surface area (Å²) < 4.78 is 6.57. The highest BCUT2D eigenvalue weighted by atomic mass is 79.9. The van der Waals surface area contributed by atoms with Crippen molar-refractivity contribution in [3.05, 3.63) is 64.1 Å². The van der Waals surface area contributed by atoms with Crippen LogP contribution in [0.4, 0.5) is 0 Å². The smallest absolute Gasteiger partial charge is 0.222 e. The molecule has 0 spiro atoms. The number of hydrogen-bond donors (Lipinski definition) is 0. The third kappa shape index (κ3) is 5.39. The second-order valence-corrected chi connectivity index (χ2v) is 6.30. The van der Waals surface area contributed by atoms with Crippen molar-refractivity contribution in [3.8, 4) is 11.8 Å². The molecule has 2 aromatic carbocycles. The van der Waals surface area contributed by atoms with Crippen LogP contribution in [-0.2, 0) is 11.3 Å². The molecule has 0 atom stereocenters. The average molecular weight is 387 g/mol. The van der Waals surface area contributed by atoms with Gasteiger partial charge in [-0.15, -0.1) is 0 Å². The van der Waals surface area contributed by atoms with E-state index < -0.39 is 0 Å². The number of carbonyl (C=O) groups is 1. The van der Waals surface area contributed by atoms with Crippen molar-refractivity contribution < 1.29 is 9.53 Å². The summed E-state index contributed by atoms with van der Waals surface area (Å²) in [6.07, 6.45) is 1.08. The number of benzene rings is 2. The number of para-hydroxylation sites is 1. The topological polar surface area (TPSA) is 53.3 Å². The molecule has 0 bridgehead atoms. The highest BCUT2D eigenvalue weighted by molar-refractivity contribution is 9.10. The Balaban J connectivity index is 1.75. The number of nitrogens with zero attached hydrogens (tertiary/aromatic N) is 2. The fourth-order valence-corrected chi connectivity index (χ4v) is 2.66. The predicted octanol–water partition coefficient (Wildman–Crippen LogP) is 4.14. The molecule has 0 fully saturated rings. The maximum Gasteiger partial charge on any atom is 0.222 e. The molecule has 0 aliphatic heterocycles. The lowest BCUT2D eigenvalue weighted by molar-refractivity contribution is -0.130. The summed E-state index contributed by atoms with van der Waals surface area (Å²) in [5, 5.41) is 8.91. The van der Waals surface area contributed by atoms with Crippen LogP contribution in [0.5, 0.6) is 5.75 Å². The highest BCUT2D eigenvalue weighted by Gasteiger charge is 2.10. The van der Waals surface area contributed by atoms with E-state index in [2.05, 4.69) is 22.0 Å². The molecule has 5 heteroatoms. The number of carbonyl (C=O) groups excluding carboxylic acids is 1. The molecule has 0 heterocycles. The Hall–Kier alpha value is -2.32. The molecule has 0 saturated heterocycles. The second kappa shape index (κ2) is 9.09. The van der Waals surface area contributed by atoms with E-state index >= 15 is 0 Å². The Morgan fingerprint density at radius 2 is 2.04 bits per heavy atom. The third-order valence-electron chi connectivity index (χ3n) is 3.53. The van der Waals surface area contributed by atoms with E-state index in [4.69, 9.17) is 10.00 Å². The molecule has 4 nitrogen and oxygen atoms in total. The van der Waals surface area contributed by atoms with Gasteiger partial charge in [0, 0.05) is 20.0 Å². The van der Waals surface area contributed by atoms with E-state index in [1.807, 2.05) is 36.4 Å². The molecule has 0 radical (unpaired) electrons.